The van der Waals surface area contributed by atoms with Gasteiger partial charge in [-0.05, 0) is 62.0 Å². The number of anilines is 1. The summed E-state index contributed by atoms with van der Waals surface area (Å²) in [6.45, 7) is 4.43. The minimum absolute atomic E-state index is 0.0837. The summed E-state index contributed by atoms with van der Waals surface area (Å²) in [5, 5.41) is 13.2. The maximum absolute atomic E-state index is 12.7. The predicted molar refractivity (Wildman–Crippen MR) is 120 cm³/mol. The second kappa shape index (κ2) is 8.61. The number of fused-ring (bicyclic) bond motifs is 1. The standard InChI is InChI=1S/C23H31N5OS/c1-16-11-13-27(14-12-16)22-25-26-23(28(22)18-9-10-18)30-15-21(29)24-20-8-4-6-17-5-2-3-7-19(17)20/h2-3,5,7,16,18,20H,4,6,8-15H2,1H3,(H,24,29). The number of carbonyl (C=O) groups excluding carboxylic acids is 1. The Morgan fingerprint density at radius 2 is 1.93 bits per heavy atom. The van der Waals surface area contributed by atoms with Gasteiger partial charge in [0.2, 0.25) is 11.9 Å². The normalized spacial score (nSPS) is 22.0. The van der Waals surface area contributed by atoms with E-state index in [2.05, 4.69) is 56.2 Å². The number of piperidine rings is 1. The third-order valence-corrected chi connectivity index (χ3v) is 7.61. The van der Waals surface area contributed by atoms with E-state index in [1.165, 1.54) is 48.6 Å². The third-order valence-electron chi connectivity index (χ3n) is 6.66. The maximum atomic E-state index is 12.7. The molecule has 2 fully saturated rings. The summed E-state index contributed by atoms with van der Waals surface area (Å²) >= 11 is 1.53. The molecule has 0 bridgehead atoms. The largest absolute Gasteiger partial charge is 0.349 e. The summed E-state index contributed by atoms with van der Waals surface area (Å²) < 4.78 is 2.30. The first-order chi connectivity index (χ1) is 14.7. The summed E-state index contributed by atoms with van der Waals surface area (Å²) in [5.41, 5.74) is 2.65. The molecule has 0 radical (unpaired) electrons. The van der Waals surface area contributed by atoms with Crippen molar-refractivity contribution in [2.75, 3.05) is 23.7 Å². The zero-order valence-corrected chi connectivity index (χ0v) is 18.5. The molecule has 1 aromatic heterocycles. The number of hydrogen-bond donors (Lipinski definition) is 1. The van der Waals surface area contributed by atoms with Crippen molar-refractivity contribution >= 4 is 23.6 Å². The van der Waals surface area contributed by atoms with Crippen LogP contribution in [0.4, 0.5) is 5.95 Å². The fourth-order valence-electron chi connectivity index (χ4n) is 4.71. The highest BCUT2D eigenvalue weighted by atomic mass is 32.2. The van der Waals surface area contributed by atoms with Crippen molar-refractivity contribution in [1.29, 1.82) is 0 Å². The summed E-state index contributed by atoms with van der Waals surface area (Å²) in [7, 11) is 0. The van der Waals surface area contributed by atoms with Crippen LogP contribution in [-0.4, -0.2) is 39.5 Å². The number of nitrogens with zero attached hydrogens (tertiary/aromatic N) is 4. The maximum Gasteiger partial charge on any atom is 0.230 e. The van der Waals surface area contributed by atoms with Gasteiger partial charge in [0.15, 0.2) is 5.16 Å². The smallest absolute Gasteiger partial charge is 0.230 e. The van der Waals surface area contributed by atoms with Crippen molar-refractivity contribution in [2.45, 2.75) is 69.1 Å². The Bertz CT molecular complexity index is 901. The zero-order chi connectivity index (χ0) is 20.5. The Morgan fingerprint density at radius 1 is 1.13 bits per heavy atom. The molecule has 2 aliphatic carbocycles. The second-order valence-corrected chi connectivity index (χ2v) is 10.00. The van der Waals surface area contributed by atoms with Gasteiger partial charge in [0, 0.05) is 19.1 Å². The van der Waals surface area contributed by atoms with E-state index in [0.29, 0.717) is 11.8 Å². The Labute approximate surface area is 182 Å². The van der Waals surface area contributed by atoms with Gasteiger partial charge in [0.1, 0.15) is 0 Å². The number of amides is 1. The molecule has 3 aliphatic rings. The van der Waals surface area contributed by atoms with Crippen molar-refractivity contribution < 1.29 is 4.79 Å². The number of aryl methyl sites for hydroxylation is 1. The van der Waals surface area contributed by atoms with E-state index in [1.807, 2.05) is 0 Å². The van der Waals surface area contributed by atoms with E-state index in [9.17, 15) is 4.79 Å². The van der Waals surface area contributed by atoms with Crippen LogP contribution in [0.2, 0.25) is 0 Å². The first-order valence-electron chi connectivity index (χ1n) is 11.4. The molecule has 2 heterocycles. The zero-order valence-electron chi connectivity index (χ0n) is 17.7. The van der Waals surface area contributed by atoms with Crippen molar-refractivity contribution in [1.82, 2.24) is 20.1 Å². The SMILES string of the molecule is CC1CCN(c2nnc(SCC(=O)NC3CCCc4ccccc43)n2C2CC2)CC1. The molecule has 1 aliphatic heterocycles. The monoisotopic (exact) mass is 425 g/mol. The number of benzene rings is 1. The minimum atomic E-state index is 0.0837. The lowest BCUT2D eigenvalue weighted by Crippen LogP contribution is -2.34. The molecule has 1 amide bonds. The summed E-state index contributed by atoms with van der Waals surface area (Å²) in [6.07, 6.45) is 8.06. The summed E-state index contributed by atoms with van der Waals surface area (Å²) in [6, 6.07) is 9.13. The molecule has 160 valence electrons. The molecule has 1 saturated heterocycles. The van der Waals surface area contributed by atoms with Crippen LogP contribution in [0, 0.1) is 5.92 Å². The van der Waals surface area contributed by atoms with Crippen LogP contribution >= 0.6 is 11.8 Å². The van der Waals surface area contributed by atoms with E-state index in [1.54, 1.807) is 0 Å². The average molecular weight is 426 g/mol. The summed E-state index contributed by atoms with van der Waals surface area (Å²) in [4.78, 5) is 15.1. The molecule has 1 saturated carbocycles. The van der Waals surface area contributed by atoms with Crippen molar-refractivity contribution in [2.24, 2.45) is 5.92 Å². The number of hydrogen-bond acceptors (Lipinski definition) is 5. The van der Waals surface area contributed by atoms with E-state index in [0.717, 1.165) is 49.4 Å². The Balaban J connectivity index is 1.23. The Kier molecular flexibility index (Phi) is 5.72. The predicted octanol–water partition coefficient (Wildman–Crippen LogP) is 4.14. The highest BCUT2D eigenvalue weighted by Crippen LogP contribution is 2.41. The lowest BCUT2D eigenvalue weighted by atomic mass is 9.88. The number of nitrogens with one attached hydrogen (secondary N) is 1. The van der Waals surface area contributed by atoms with Crippen LogP contribution < -0.4 is 10.2 Å². The molecule has 5 rings (SSSR count). The number of rotatable bonds is 6. The highest BCUT2D eigenvalue weighted by molar-refractivity contribution is 7.99. The van der Waals surface area contributed by atoms with Gasteiger partial charge in [0.05, 0.1) is 11.8 Å². The molecule has 1 N–H and O–H groups in total. The van der Waals surface area contributed by atoms with Crippen LogP contribution in [0.1, 0.15) is 68.7 Å². The van der Waals surface area contributed by atoms with Crippen LogP contribution in [0.25, 0.3) is 0 Å². The van der Waals surface area contributed by atoms with Crippen LogP contribution in [0.3, 0.4) is 0 Å². The van der Waals surface area contributed by atoms with Crippen molar-refractivity contribution in [3.8, 4) is 0 Å². The highest BCUT2D eigenvalue weighted by Gasteiger charge is 2.33. The van der Waals surface area contributed by atoms with E-state index < -0.39 is 0 Å². The lowest BCUT2D eigenvalue weighted by Gasteiger charge is -2.31. The van der Waals surface area contributed by atoms with Gasteiger partial charge < -0.3 is 10.2 Å². The van der Waals surface area contributed by atoms with Gasteiger partial charge in [-0.25, -0.2) is 0 Å². The van der Waals surface area contributed by atoms with Crippen molar-refractivity contribution in [3.05, 3.63) is 35.4 Å². The van der Waals surface area contributed by atoms with E-state index in [-0.39, 0.29) is 11.9 Å². The van der Waals surface area contributed by atoms with Crippen LogP contribution in [-0.2, 0) is 11.2 Å². The van der Waals surface area contributed by atoms with Crippen LogP contribution in [0.15, 0.2) is 29.4 Å². The van der Waals surface area contributed by atoms with E-state index in [4.69, 9.17) is 0 Å². The molecular weight excluding hydrogens is 394 g/mol. The molecule has 2 aromatic rings. The van der Waals surface area contributed by atoms with Gasteiger partial charge >= 0.3 is 0 Å². The van der Waals surface area contributed by atoms with Gasteiger partial charge in [-0.1, -0.05) is 43.0 Å². The molecule has 1 atom stereocenters. The molecule has 1 unspecified atom stereocenters. The van der Waals surface area contributed by atoms with Gasteiger partial charge in [-0.3, -0.25) is 9.36 Å². The average Bonchev–Trinajstić information content (AvgIpc) is 3.52. The lowest BCUT2D eigenvalue weighted by molar-refractivity contribution is -0.119. The number of carbonyl (C=O) groups is 1. The molecule has 7 heteroatoms. The van der Waals surface area contributed by atoms with E-state index >= 15 is 0 Å². The molecule has 6 nitrogen and oxygen atoms in total. The fourth-order valence-corrected chi connectivity index (χ4v) is 5.53. The molecule has 1 aromatic carbocycles. The minimum Gasteiger partial charge on any atom is -0.349 e. The third kappa shape index (κ3) is 4.22. The first-order valence-corrected chi connectivity index (χ1v) is 12.4. The summed E-state index contributed by atoms with van der Waals surface area (Å²) in [5.74, 6) is 2.27. The Morgan fingerprint density at radius 3 is 2.73 bits per heavy atom. The van der Waals surface area contributed by atoms with Gasteiger partial charge in [-0.15, -0.1) is 10.2 Å². The number of thioether (sulfide) groups is 1. The second-order valence-electron chi connectivity index (χ2n) is 9.05. The first kappa shape index (κ1) is 19.9. The topological polar surface area (TPSA) is 63.1 Å². The number of aromatic nitrogens is 3. The molecular formula is C23H31N5OS. The van der Waals surface area contributed by atoms with Gasteiger partial charge in [0.25, 0.3) is 0 Å². The van der Waals surface area contributed by atoms with Crippen LogP contribution in [0.5, 0.6) is 0 Å². The molecule has 30 heavy (non-hydrogen) atoms. The Hall–Kier alpha value is -2.02. The quantitative estimate of drug-likeness (QED) is 0.705. The van der Waals surface area contributed by atoms with Crippen molar-refractivity contribution in [3.63, 3.8) is 0 Å². The van der Waals surface area contributed by atoms with Gasteiger partial charge in [-0.2, -0.15) is 0 Å². The fraction of sp³-hybridized carbons (Fsp3) is 0.609. The molecule has 0 spiro atoms.